The van der Waals surface area contributed by atoms with Crippen LogP contribution in [-0.4, -0.2) is 34.9 Å². The number of methoxy groups -OCH3 is 2. The molecule has 0 spiro atoms. The molecule has 4 rings (SSSR count). The second-order valence-electron chi connectivity index (χ2n) is 6.56. The molecule has 0 saturated heterocycles. The highest BCUT2D eigenvalue weighted by molar-refractivity contribution is 7.14. The van der Waals surface area contributed by atoms with Crippen LogP contribution in [0.1, 0.15) is 16.1 Å². The lowest BCUT2D eigenvalue weighted by atomic mass is 10.1. The minimum Gasteiger partial charge on any atom is -0.493 e. The van der Waals surface area contributed by atoms with Crippen LogP contribution in [0.25, 0.3) is 16.9 Å². The van der Waals surface area contributed by atoms with Crippen molar-refractivity contribution < 1.29 is 14.3 Å². The van der Waals surface area contributed by atoms with Crippen LogP contribution in [0.5, 0.6) is 11.5 Å². The number of anilines is 1. The van der Waals surface area contributed by atoms with Crippen LogP contribution in [0.3, 0.4) is 0 Å². The van der Waals surface area contributed by atoms with Gasteiger partial charge in [0.15, 0.2) is 16.6 Å². The quantitative estimate of drug-likeness (QED) is 0.431. The van der Waals surface area contributed by atoms with Gasteiger partial charge in [0.2, 0.25) is 0 Å². The minimum absolute atomic E-state index is 0.248. The third-order valence-corrected chi connectivity index (χ3v) is 5.74. The average molecular weight is 455 g/mol. The van der Waals surface area contributed by atoms with Gasteiger partial charge in [-0.1, -0.05) is 29.8 Å². The van der Waals surface area contributed by atoms with Gasteiger partial charge in [-0.2, -0.15) is 5.10 Å². The van der Waals surface area contributed by atoms with Gasteiger partial charge in [0.1, 0.15) is 10.7 Å². The molecule has 2 aromatic carbocycles. The molecule has 9 heteroatoms. The monoisotopic (exact) mass is 454 g/mol. The van der Waals surface area contributed by atoms with Crippen molar-refractivity contribution in [3.8, 4) is 28.4 Å². The number of carbonyl (C=O) groups is 1. The van der Waals surface area contributed by atoms with Gasteiger partial charge in [-0.3, -0.25) is 10.1 Å². The smallest absolute Gasteiger partial charge is 0.262 e. The SMILES string of the molecule is COc1ccc(-c2csc(NC(=O)c3c(C)nn(-c4ccccc4)c3Cl)n2)cc1OC. The summed E-state index contributed by atoms with van der Waals surface area (Å²) >= 11 is 7.81. The van der Waals surface area contributed by atoms with E-state index in [-0.39, 0.29) is 11.1 Å². The zero-order valence-electron chi connectivity index (χ0n) is 17.0. The average Bonchev–Trinajstić information content (AvgIpc) is 3.37. The van der Waals surface area contributed by atoms with Crippen LogP contribution < -0.4 is 14.8 Å². The normalized spacial score (nSPS) is 10.7. The second-order valence-corrected chi connectivity index (χ2v) is 7.78. The van der Waals surface area contributed by atoms with Gasteiger partial charge in [0, 0.05) is 10.9 Å². The third kappa shape index (κ3) is 4.12. The fourth-order valence-electron chi connectivity index (χ4n) is 3.12. The van der Waals surface area contributed by atoms with Crippen molar-refractivity contribution in [1.29, 1.82) is 0 Å². The predicted octanol–water partition coefficient (Wildman–Crippen LogP) is 5.23. The molecule has 0 aliphatic heterocycles. The van der Waals surface area contributed by atoms with Crippen LogP contribution in [-0.2, 0) is 0 Å². The number of para-hydroxylation sites is 1. The van der Waals surface area contributed by atoms with Crippen molar-refractivity contribution >= 4 is 34.0 Å². The van der Waals surface area contributed by atoms with Crippen molar-refractivity contribution in [2.45, 2.75) is 6.92 Å². The van der Waals surface area contributed by atoms with Crippen LogP contribution >= 0.6 is 22.9 Å². The van der Waals surface area contributed by atoms with E-state index in [0.29, 0.717) is 33.6 Å². The van der Waals surface area contributed by atoms with E-state index in [9.17, 15) is 4.79 Å². The number of hydrogen-bond acceptors (Lipinski definition) is 6. The maximum absolute atomic E-state index is 12.9. The Kier molecular flexibility index (Phi) is 5.92. The number of benzene rings is 2. The zero-order chi connectivity index (χ0) is 22.0. The predicted molar refractivity (Wildman–Crippen MR) is 122 cm³/mol. The van der Waals surface area contributed by atoms with Crippen LogP contribution in [0, 0.1) is 6.92 Å². The van der Waals surface area contributed by atoms with Crippen molar-refractivity contribution in [1.82, 2.24) is 14.8 Å². The summed E-state index contributed by atoms with van der Waals surface area (Å²) in [5, 5.41) is 9.80. The molecule has 1 amide bonds. The van der Waals surface area contributed by atoms with Crippen LogP contribution in [0.4, 0.5) is 5.13 Å². The Morgan fingerprint density at radius 3 is 2.55 bits per heavy atom. The minimum atomic E-state index is -0.363. The van der Waals surface area contributed by atoms with Crippen LogP contribution in [0.15, 0.2) is 53.9 Å². The van der Waals surface area contributed by atoms with E-state index < -0.39 is 0 Å². The summed E-state index contributed by atoms with van der Waals surface area (Å²) in [7, 11) is 3.16. The molecule has 0 aliphatic carbocycles. The van der Waals surface area contributed by atoms with Crippen molar-refractivity contribution in [2.24, 2.45) is 0 Å². The number of halogens is 1. The van der Waals surface area contributed by atoms with E-state index >= 15 is 0 Å². The number of rotatable bonds is 6. The second kappa shape index (κ2) is 8.79. The number of amides is 1. The molecule has 4 aromatic rings. The highest BCUT2D eigenvalue weighted by atomic mass is 35.5. The van der Waals surface area contributed by atoms with Gasteiger partial charge in [-0.05, 0) is 37.3 Å². The number of aryl methyl sites for hydroxylation is 1. The van der Waals surface area contributed by atoms with Crippen molar-refractivity contribution in [2.75, 3.05) is 19.5 Å². The maximum atomic E-state index is 12.9. The molecule has 0 aliphatic rings. The fourth-order valence-corrected chi connectivity index (χ4v) is 4.19. The fraction of sp³-hybridized carbons (Fsp3) is 0.136. The Balaban J connectivity index is 1.57. The van der Waals surface area contributed by atoms with Gasteiger partial charge in [0.25, 0.3) is 5.91 Å². The molecule has 0 unspecified atom stereocenters. The summed E-state index contributed by atoms with van der Waals surface area (Å²) in [5.74, 6) is 0.878. The summed E-state index contributed by atoms with van der Waals surface area (Å²) in [6.45, 7) is 1.75. The standard InChI is InChI=1S/C22H19ClN4O3S/c1-13-19(20(23)27(26-13)15-7-5-4-6-8-15)21(28)25-22-24-16(12-31-22)14-9-10-17(29-2)18(11-14)30-3/h4-12H,1-3H3,(H,24,25,28). The molecule has 2 heterocycles. The maximum Gasteiger partial charge on any atom is 0.262 e. The molecular weight excluding hydrogens is 436 g/mol. The number of nitrogens with zero attached hydrogens (tertiary/aromatic N) is 3. The molecule has 1 N–H and O–H groups in total. The number of carbonyl (C=O) groups excluding carboxylic acids is 1. The molecule has 7 nitrogen and oxygen atoms in total. The Labute approximate surface area is 188 Å². The Bertz CT molecular complexity index is 1240. The van der Waals surface area contributed by atoms with E-state index in [4.69, 9.17) is 21.1 Å². The van der Waals surface area contributed by atoms with E-state index in [1.165, 1.54) is 11.3 Å². The molecule has 0 radical (unpaired) electrons. The summed E-state index contributed by atoms with van der Waals surface area (Å²) in [6, 6.07) is 14.9. The van der Waals surface area contributed by atoms with E-state index in [1.54, 1.807) is 25.8 Å². The van der Waals surface area contributed by atoms with E-state index in [1.807, 2.05) is 53.9 Å². The van der Waals surface area contributed by atoms with Gasteiger partial charge in [-0.15, -0.1) is 11.3 Å². The number of ether oxygens (including phenoxy) is 2. The lowest BCUT2D eigenvalue weighted by molar-refractivity contribution is 0.102. The molecule has 0 fully saturated rings. The largest absolute Gasteiger partial charge is 0.493 e. The lowest BCUT2D eigenvalue weighted by Crippen LogP contribution is -2.13. The Morgan fingerprint density at radius 2 is 1.84 bits per heavy atom. The van der Waals surface area contributed by atoms with Gasteiger partial charge >= 0.3 is 0 Å². The highest BCUT2D eigenvalue weighted by Gasteiger charge is 2.22. The summed E-state index contributed by atoms with van der Waals surface area (Å²) in [5.41, 5.74) is 3.18. The molecule has 0 bridgehead atoms. The first-order valence-corrected chi connectivity index (χ1v) is 10.6. The number of thiazole rings is 1. The first-order chi connectivity index (χ1) is 15.0. The molecule has 0 saturated carbocycles. The molecule has 31 heavy (non-hydrogen) atoms. The lowest BCUT2D eigenvalue weighted by Gasteiger charge is -2.08. The van der Waals surface area contributed by atoms with E-state index in [0.717, 1.165) is 11.3 Å². The summed E-state index contributed by atoms with van der Waals surface area (Å²) in [4.78, 5) is 17.4. The Hall–Kier alpha value is -3.36. The highest BCUT2D eigenvalue weighted by Crippen LogP contribution is 2.34. The van der Waals surface area contributed by atoms with Gasteiger partial charge in [0.05, 0.1) is 31.3 Å². The number of hydrogen-bond donors (Lipinski definition) is 1. The number of aromatic nitrogens is 3. The first-order valence-electron chi connectivity index (χ1n) is 9.31. The topological polar surface area (TPSA) is 78.3 Å². The van der Waals surface area contributed by atoms with Gasteiger partial charge in [-0.25, -0.2) is 9.67 Å². The van der Waals surface area contributed by atoms with Gasteiger partial charge < -0.3 is 9.47 Å². The molecular formula is C22H19ClN4O3S. The van der Waals surface area contributed by atoms with Crippen LogP contribution in [0.2, 0.25) is 5.15 Å². The molecule has 158 valence electrons. The van der Waals surface area contributed by atoms with Crippen molar-refractivity contribution in [3.63, 3.8) is 0 Å². The summed E-state index contributed by atoms with van der Waals surface area (Å²) < 4.78 is 12.2. The number of nitrogens with one attached hydrogen (secondary N) is 1. The molecule has 2 aromatic heterocycles. The molecule has 0 atom stereocenters. The van der Waals surface area contributed by atoms with Crippen molar-refractivity contribution in [3.05, 3.63) is 70.3 Å². The first kappa shape index (κ1) is 20.9. The Morgan fingerprint density at radius 1 is 1.10 bits per heavy atom. The third-order valence-electron chi connectivity index (χ3n) is 4.64. The zero-order valence-corrected chi connectivity index (χ0v) is 18.6. The van der Waals surface area contributed by atoms with E-state index in [2.05, 4.69) is 15.4 Å². The summed E-state index contributed by atoms with van der Waals surface area (Å²) in [6.07, 6.45) is 0.